The second-order valence-corrected chi connectivity index (χ2v) is 5.13. The van der Waals surface area contributed by atoms with Crippen LogP contribution in [0.15, 0.2) is 0 Å². The van der Waals surface area contributed by atoms with E-state index < -0.39 is 0 Å². The summed E-state index contributed by atoms with van der Waals surface area (Å²) in [5.41, 5.74) is 0. The van der Waals surface area contributed by atoms with E-state index in [4.69, 9.17) is 4.74 Å². The molecule has 16 heavy (non-hydrogen) atoms. The Labute approximate surface area is 97.9 Å². The maximum atomic E-state index is 12.2. The van der Waals surface area contributed by atoms with E-state index >= 15 is 0 Å². The van der Waals surface area contributed by atoms with Crippen LogP contribution in [0, 0.1) is 11.8 Å². The molecule has 0 radical (unpaired) electrons. The van der Waals surface area contributed by atoms with Crippen LogP contribution >= 0.6 is 0 Å². The van der Waals surface area contributed by atoms with Crippen molar-refractivity contribution >= 4 is 5.78 Å². The number of ether oxygens (including phenoxy) is 1. The van der Waals surface area contributed by atoms with Gasteiger partial charge in [-0.3, -0.25) is 4.79 Å². The van der Waals surface area contributed by atoms with Crippen LogP contribution in [0.1, 0.15) is 39.0 Å². The molecule has 3 heteroatoms. The number of ketones is 1. The van der Waals surface area contributed by atoms with Gasteiger partial charge in [0.05, 0.1) is 19.1 Å². The van der Waals surface area contributed by atoms with E-state index in [1.165, 1.54) is 25.7 Å². The van der Waals surface area contributed by atoms with Crippen LogP contribution in [0.3, 0.4) is 0 Å². The molecule has 1 N–H and O–H groups in total. The van der Waals surface area contributed by atoms with Gasteiger partial charge in [-0.2, -0.15) is 0 Å². The van der Waals surface area contributed by atoms with Gasteiger partial charge in [0.15, 0.2) is 0 Å². The molecule has 2 atom stereocenters. The lowest BCUT2D eigenvalue weighted by molar-refractivity contribution is -0.124. The van der Waals surface area contributed by atoms with Gasteiger partial charge in [-0.1, -0.05) is 32.6 Å². The Morgan fingerprint density at radius 3 is 2.75 bits per heavy atom. The van der Waals surface area contributed by atoms with Gasteiger partial charge in [0, 0.05) is 12.5 Å². The van der Waals surface area contributed by atoms with Gasteiger partial charge in [0.2, 0.25) is 0 Å². The molecule has 92 valence electrons. The molecule has 2 unspecified atom stereocenters. The van der Waals surface area contributed by atoms with E-state index in [0.717, 1.165) is 13.0 Å². The molecule has 1 aliphatic heterocycles. The summed E-state index contributed by atoms with van der Waals surface area (Å²) >= 11 is 0. The Morgan fingerprint density at radius 2 is 2.06 bits per heavy atom. The van der Waals surface area contributed by atoms with Crippen molar-refractivity contribution in [1.82, 2.24) is 5.32 Å². The van der Waals surface area contributed by atoms with E-state index in [9.17, 15) is 4.79 Å². The summed E-state index contributed by atoms with van der Waals surface area (Å²) in [5, 5.41) is 3.35. The smallest absolute Gasteiger partial charge is 0.140 e. The molecule has 1 heterocycles. The van der Waals surface area contributed by atoms with Crippen LogP contribution in [-0.4, -0.2) is 31.6 Å². The molecule has 1 saturated carbocycles. The number of Topliss-reactive ketones (excluding diaryl/α,β-unsaturated/α-hetero) is 1. The number of carbonyl (C=O) groups excluding carboxylic acids is 1. The number of likely N-dealkylation sites (N-methyl/N-ethyl adjacent to an activating group) is 1. The van der Waals surface area contributed by atoms with Crippen LogP contribution in [0.2, 0.25) is 0 Å². The van der Waals surface area contributed by atoms with Crippen molar-refractivity contribution in [2.24, 2.45) is 11.8 Å². The maximum Gasteiger partial charge on any atom is 0.140 e. The van der Waals surface area contributed by atoms with Crippen LogP contribution in [0.5, 0.6) is 0 Å². The first-order valence-corrected chi connectivity index (χ1v) is 6.65. The SMILES string of the molecule is CCNC1COCC1C(=O)CC1CCCC1. The lowest BCUT2D eigenvalue weighted by Gasteiger charge is -2.18. The van der Waals surface area contributed by atoms with Gasteiger partial charge in [-0.05, 0) is 12.5 Å². The van der Waals surface area contributed by atoms with Crippen molar-refractivity contribution < 1.29 is 9.53 Å². The molecule has 2 rings (SSSR count). The Kier molecular flexibility index (Phi) is 4.36. The predicted octanol–water partition coefficient (Wildman–Crippen LogP) is 1.76. The molecule has 3 nitrogen and oxygen atoms in total. The molecule has 0 aromatic heterocycles. The van der Waals surface area contributed by atoms with E-state index in [0.29, 0.717) is 24.9 Å². The van der Waals surface area contributed by atoms with Crippen molar-refractivity contribution in [3.05, 3.63) is 0 Å². The Balaban J connectivity index is 1.82. The van der Waals surface area contributed by atoms with Gasteiger partial charge in [0.25, 0.3) is 0 Å². The van der Waals surface area contributed by atoms with E-state index in [-0.39, 0.29) is 12.0 Å². The number of hydrogen-bond donors (Lipinski definition) is 1. The summed E-state index contributed by atoms with van der Waals surface area (Å²) < 4.78 is 5.42. The number of hydrogen-bond acceptors (Lipinski definition) is 3. The Hall–Kier alpha value is -0.410. The topological polar surface area (TPSA) is 38.3 Å². The number of carbonyl (C=O) groups is 1. The maximum absolute atomic E-state index is 12.2. The fourth-order valence-corrected chi connectivity index (χ4v) is 2.99. The fraction of sp³-hybridized carbons (Fsp3) is 0.923. The van der Waals surface area contributed by atoms with Crippen LogP contribution in [0.4, 0.5) is 0 Å². The zero-order valence-electron chi connectivity index (χ0n) is 10.2. The Bertz CT molecular complexity index is 236. The quantitative estimate of drug-likeness (QED) is 0.775. The monoisotopic (exact) mass is 225 g/mol. The number of rotatable bonds is 5. The average molecular weight is 225 g/mol. The van der Waals surface area contributed by atoms with E-state index in [2.05, 4.69) is 12.2 Å². The van der Waals surface area contributed by atoms with Gasteiger partial charge in [0.1, 0.15) is 5.78 Å². The van der Waals surface area contributed by atoms with E-state index in [1.807, 2.05) is 0 Å². The highest BCUT2D eigenvalue weighted by Crippen LogP contribution is 2.29. The van der Waals surface area contributed by atoms with Crippen LogP contribution < -0.4 is 5.32 Å². The molecule has 0 aromatic carbocycles. The molecular formula is C13H23NO2. The third kappa shape index (κ3) is 2.83. The standard InChI is InChI=1S/C13H23NO2/c1-2-14-12-9-16-8-11(12)13(15)7-10-5-3-4-6-10/h10-12,14H,2-9H2,1H3. The van der Waals surface area contributed by atoms with Crippen molar-refractivity contribution in [2.75, 3.05) is 19.8 Å². The second-order valence-electron chi connectivity index (χ2n) is 5.13. The zero-order chi connectivity index (χ0) is 11.4. The highest BCUT2D eigenvalue weighted by molar-refractivity contribution is 5.82. The first kappa shape index (κ1) is 12.1. The van der Waals surface area contributed by atoms with Crippen molar-refractivity contribution in [1.29, 1.82) is 0 Å². The van der Waals surface area contributed by atoms with Gasteiger partial charge >= 0.3 is 0 Å². The van der Waals surface area contributed by atoms with Crippen molar-refractivity contribution in [3.8, 4) is 0 Å². The normalized spacial score (nSPS) is 31.1. The highest BCUT2D eigenvalue weighted by atomic mass is 16.5. The predicted molar refractivity (Wildman–Crippen MR) is 63.4 cm³/mol. The summed E-state index contributed by atoms with van der Waals surface area (Å²) in [5.74, 6) is 1.20. The molecule has 0 aromatic rings. The summed E-state index contributed by atoms with van der Waals surface area (Å²) in [6.45, 7) is 4.33. The minimum absolute atomic E-state index is 0.112. The minimum Gasteiger partial charge on any atom is -0.379 e. The van der Waals surface area contributed by atoms with E-state index in [1.54, 1.807) is 0 Å². The van der Waals surface area contributed by atoms with Crippen LogP contribution in [-0.2, 0) is 9.53 Å². The summed E-state index contributed by atoms with van der Waals surface area (Å²) in [6.07, 6.45) is 5.93. The molecule has 0 bridgehead atoms. The molecule has 1 saturated heterocycles. The van der Waals surface area contributed by atoms with Gasteiger partial charge < -0.3 is 10.1 Å². The summed E-state index contributed by atoms with van der Waals surface area (Å²) in [7, 11) is 0. The third-order valence-corrected chi connectivity index (χ3v) is 3.93. The van der Waals surface area contributed by atoms with Crippen molar-refractivity contribution in [3.63, 3.8) is 0 Å². The highest BCUT2D eigenvalue weighted by Gasteiger charge is 2.34. The van der Waals surface area contributed by atoms with Gasteiger partial charge in [-0.15, -0.1) is 0 Å². The molecule has 0 spiro atoms. The number of nitrogens with one attached hydrogen (secondary N) is 1. The zero-order valence-corrected chi connectivity index (χ0v) is 10.2. The molecule has 2 aliphatic rings. The van der Waals surface area contributed by atoms with Gasteiger partial charge in [-0.25, -0.2) is 0 Å². The first-order chi connectivity index (χ1) is 7.81. The fourth-order valence-electron chi connectivity index (χ4n) is 2.99. The lowest BCUT2D eigenvalue weighted by Crippen LogP contribution is -2.39. The second kappa shape index (κ2) is 5.78. The summed E-state index contributed by atoms with van der Waals surface area (Å²) in [4.78, 5) is 12.2. The first-order valence-electron chi connectivity index (χ1n) is 6.65. The summed E-state index contributed by atoms with van der Waals surface area (Å²) in [6, 6.07) is 0.263. The average Bonchev–Trinajstić information content (AvgIpc) is 2.89. The molecule has 0 amide bonds. The van der Waals surface area contributed by atoms with Crippen LogP contribution in [0.25, 0.3) is 0 Å². The van der Waals surface area contributed by atoms with Crippen molar-refractivity contribution in [2.45, 2.75) is 45.1 Å². The minimum atomic E-state index is 0.112. The lowest BCUT2D eigenvalue weighted by atomic mass is 9.90. The molecule has 2 fully saturated rings. The Morgan fingerprint density at radius 1 is 1.31 bits per heavy atom. The molecule has 1 aliphatic carbocycles. The third-order valence-electron chi connectivity index (χ3n) is 3.93. The largest absolute Gasteiger partial charge is 0.379 e. The molecular weight excluding hydrogens is 202 g/mol.